The third kappa shape index (κ3) is 4.14. The van der Waals surface area contributed by atoms with Gasteiger partial charge in [0.2, 0.25) is 17.7 Å². The minimum atomic E-state index is -1.08. The molecule has 8 nitrogen and oxygen atoms in total. The highest BCUT2D eigenvalue weighted by Crippen LogP contribution is 2.64. The number of nitrogens with zero attached hydrogens (tertiary/aromatic N) is 1. The predicted octanol–water partition coefficient (Wildman–Crippen LogP) is 1.80. The SMILES string of the molecule is CCCNC(=O)[C@H]1[C@H]2C(=O)N([C@@H](CO)Cc3ccccc3)C(C(=O)NC(C)C)C23CC[C@]1(CC)O3. The number of aliphatic hydroxyl groups is 1. The third-order valence-electron chi connectivity index (χ3n) is 8.05. The van der Waals surface area contributed by atoms with Crippen molar-refractivity contribution in [2.45, 2.75) is 89.1 Å². The van der Waals surface area contributed by atoms with Crippen molar-refractivity contribution < 1.29 is 24.2 Å². The number of fused-ring (bicyclic) bond motifs is 1. The minimum absolute atomic E-state index is 0.126. The van der Waals surface area contributed by atoms with E-state index in [9.17, 15) is 19.5 Å². The monoisotopic (exact) mass is 485 g/mol. The molecule has 1 spiro atoms. The summed E-state index contributed by atoms with van der Waals surface area (Å²) in [6.07, 6.45) is 2.94. The average molecular weight is 486 g/mol. The van der Waals surface area contributed by atoms with Gasteiger partial charge < -0.3 is 25.4 Å². The maximum absolute atomic E-state index is 14.2. The van der Waals surface area contributed by atoms with Gasteiger partial charge in [0.1, 0.15) is 11.6 Å². The maximum atomic E-state index is 14.2. The lowest BCUT2D eigenvalue weighted by molar-refractivity contribution is -0.151. The van der Waals surface area contributed by atoms with E-state index in [1.165, 1.54) is 0 Å². The number of likely N-dealkylation sites (tertiary alicyclic amines) is 1. The fourth-order valence-corrected chi connectivity index (χ4v) is 6.61. The van der Waals surface area contributed by atoms with Crippen molar-refractivity contribution in [2.75, 3.05) is 13.2 Å². The van der Waals surface area contributed by atoms with Gasteiger partial charge >= 0.3 is 0 Å². The normalized spacial score (nSPS) is 32.1. The molecule has 3 saturated heterocycles. The Bertz CT molecular complexity index is 953. The van der Waals surface area contributed by atoms with E-state index in [1.807, 2.05) is 58.0 Å². The zero-order valence-corrected chi connectivity index (χ0v) is 21.3. The summed E-state index contributed by atoms with van der Waals surface area (Å²) >= 11 is 0. The van der Waals surface area contributed by atoms with Crippen LogP contribution in [0.4, 0.5) is 0 Å². The molecule has 35 heavy (non-hydrogen) atoms. The Hall–Kier alpha value is -2.45. The van der Waals surface area contributed by atoms with Crippen molar-refractivity contribution in [2.24, 2.45) is 11.8 Å². The first kappa shape index (κ1) is 25.6. The molecule has 3 aliphatic heterocycles. The molecular weight excluding hydrogens is 446 g/mol. The summed E-state index contributed by atoms with van der Waals surface area (Å²) in [6.45, 7) is 7.96. The molecule has 1 aromatic rings. The number of benzene rings is 1. The molecule has 8 heteroatoms. The highest BCUT2D eigenvalue weighted by atomic mass is 16.5. The van der Waals surface area contributed by atoms with Gasteiger partial charge in [-0.2, -0.15) is 0 Å². The van der Waals surface area contributed by atoms with E-state index in [1.54, 1.807) is 4.90 Å². The van der Waals surface area contributed by atoms with Crippen molar-refractivity contribution in [1.82, 2.24) is 15.5 Å². The van der Waals surface area contributed by atoms with Gasteiger partial charge in [-0.15, -0.1) is 0 Å². The summed E-state index contributed by atoms with van der Waals surface area (Å²) in [6, 6.07) is 8.00. The number of nitrogens with one attached hydrogen (secondary N) is 2. The number of hydrogen-bond acceptors (Lipinski definition) is 5. The molecule has 0 aromatic heterocycles. The van der Waals surface area contributed by atoms with E-state index >= 15 is 0 Å². The molecule has 6 atom stereocenters. The van der Waals surface area contributed by atoms with Crippen LogP contribution in [0.15, 0.2) is 30.3 Å². The first-order valence-corrected chi connectivity index (χ1v) is 13.0. The number of rotatable bonds is 10. The first-order chi connectivity index (χ1) is 16.7. The van der Waals surface area contributed by atoms with Gasteiger partial charge in [-0.3, -0.25) is 14.4 Å². The maximum Gasteiger partial charge on any atom is 0.246 e. The standard InChI is InChI=1S/C27H39N3O5/c1-5-14-28-23(32)20-21-25(34)30(19(16-31)15-18-10-8-7-9-11-18)22(24(33)29-17(3)4)27(21)13-12-26(20,6-2)35-27/h7-11,17,19-22,31H,5-6,12-16H2,1-4H3,(H,28,32)(H,29,33)/t19-,20-,21+,22?,26+,27?/m1/s1. The van der Waals surface area contributed by atoms with Gasteiger partial charge in [-0.05, 0) is 51.5 Å². The molecule has 3 aliphatic rings. The Labute approximate surface area is 207 Å². The Morgan fingerprint density at radius 1 is 1.17 bits per heavy atom. The van der Waals surface area contributed by atoms with Crippen LogP contribution in [0.25, 0.3) is 0 Å². The van der Waals surface area contributed by atoms with Crippen LogP contribution in [0.3, 0.4) is 0 Å². The van der Waals surface area contributed by atoms with Crippen LogP contribution < -0.4 is 10.6 Å². The van der Waals surface area contributed by atoms with E-state index in [4.69, 9.17) is 4.74 Å². The average Bonchev–Trinajstić information content (AvgIpc) is 3.45. The van der Waals surface area contributed by atoms with Gasteiger partial charge in [-0.1, -0.05) is 44.2 Å². The topological polar surface area (TPSA) is 108 Å². The lowest BCUT2D eigenvalue weighted by Gasteiger charge is -2.37. The Kier molecular flexibility index (Phi) is 7.25. The lowest BCUT2D eigenvalue weighted by atomic mass is 9.65. The molecule has 3 fully saturated rings. The van der Waals surface area contributed by atoms with Gasteiger partial charge in [0.05, 0.1) is 30.1 Å². The smallest absolute Gasteiger partial charge is 0.246 e. The van der Waals surface area contributed by atoms with Crippen LogP contribution in [-0.4, -0.2) is 70.2 Å². The molecule has 3 amide bonds. The molecular formula is C27H39N3O5. The highest BCUT2D eigenvalue weighted by molar-refractivity contribution is 5.99. The number of carbonyl (C=O) groups excluding carboxylic acids is 3. The number of hydrogen-bond donors (Lipinski definition) is 3. The van der Waals surface area contributed by atoms with Gasteiger partial charge in [-0.25, -0.2) is 0 Å². The molecule has 3 N–H and O–H groups in total. The number of carbonyl (C=O) groups is 3. The summed E-state index contributed by atoms with van der Waals surface area (Å²) in [4.78, 5) is 42.8. The van der Waals surface area contributed by atoms with Gasteiger partial charge in [0.25, 0.3) is 0 Å². The Balaban J connectivity index is 1.77. The fourth-order valence-electron chi connectivity index (χ4n) is 6.61. The molecule has 3 heterocycles. The van der Waals surface area contributed by atoms with Crippen LogP contribution in [-0.2, 0) is 25.5 Å². The second-order valence-corrected chi connectivity index (χ2v) is 10.6. The van der Waals surface area contributed by atoms with E-state index in [-0.39, 0.29) is 30.4 Å². The lowest BCUT2D eigenvalue weighted by Crippen LogP contribution is -2.59. The molecule has 4 rings (SSSR count). The molecule has 0 aliphatic carbocycles. The fraction of sp³-hybridized carbons (Fsp3) is 0.667. The second-order valence-electron chi connectivity index (χ2n) is 10.6. The number of amides is 3. The zero-order valence-electron chi connectivity index (χ0n) is 21.3. The van der Waals surface area contributed by atoms with E-state index < -0.39 is 35.1 Å². The molecule has 192 valence electrons. The summed E-state index contributed by atoms with van der Waals surface area (Å²) in [5, 5.41) is 16.4. The van der Waals surface area contributed by atoms with E-state index in [2.05, 4.69) is 10.6 Å². The number of ether oxygens (including phenoxy) is 1. The van der Waals surface area contributed by atoms with Crippen molar-refractivity contribution in [3.63, 3.8) is 0 Å². The minimum Gasteiger partial charge on any atom is -0.394 e. The summed E-state index contributed by atoms with van der Waals surface area (Å²) in [5.41, 5.74) is -0.872. The molecule has 0 saturated carbocycles. The number of aliphatic hydroxyl groups excluding tert-OH is 1. The second kappa shape index (κ2) is 9.90. The molecule has 2 unspecified atom stereocenters. The van der Waals surface area contributed by atoms with Crippen LogP contribution in [0.5, 0.6) is 0 Å². The van der Waals surface area contributed by atoms with E-state index in [0.29, 0.717) is 32.2 Å². The quantitative estimate of drug-likeness (QED) is 0.468. The molecule has 1 aromatic carbocycles. The first-order valence-electron chi connectivity index (χ1n) is 13.0. The highest BCUT2D eigenvalue weighted by Gasteiger charge is 2.79. The van der Waals surface area contributed by atoms with Crippen LogP contribution >= 0.6 is 0 Å². The predicted molar refractivity (Wildman–Crippen MR) is 131 cm³/mol. The van der Waals surface area contributed by atoms with Crippen molar-refractivity contribution in [3.05, 3.63) is 35.9 Å². The summed E-state index contributed by atoms with van der Waals surface area (Å²) in [7, 11) is 0. The third-order valence-corrected chi connectivity index (χ3v) is 8.05. The van der Waals surface area contributed by atoms with Crippen molar-refractivity contribution in [3.8, 4) is 0 Å². The van der Waals surface area contributed by atoms with Crippen LogP contribution in [0.2, 0.25) is 0 Å². The van der Waals surface area contributed by atoms with Crippen LogP contribution in [0, 0.1) is 11.8 Å². The largest absolute Gasteiger partial charge is 0.394 e. The van der Waals surface area contributed by atoms with Crippen LogP contribution in [0.1, 0.15) is 58.9 Å². The van der Waals surface area contributed by atoms with E-state index in [0.717, 1.165) is 12.0 Å². The zero-order chi connectivity index (χ0) is 25.4. The van der Waals surface area contributed by atoms with Gasteiger partial charge in [0, 0.05) is 12.6 Å². The summed E-state index contributed by atoms with van der Waals surface area (Å²) in [5.74, 6) is -2.14. The van der Waals surface area contributed by atoms with Crippen molar-refractivity contribution >= 4 is 17.7 Å². The Morgan fingerprint density at radius 3 is 2.49 bits per heavy atom. The summed E-state index contributed by atoms with van der Waals surface area (Å²) < 4.78 is 6.73. The Morgan fingerprint density at radius 2 is 1.89 bits per heavy atom. The van der Waals surface area contributed by atoms with Gasteiger partial charge in [0.15, 0.2) is 0 Å². The molecule has 2 bridgehead atoms. The van der Waals surface area contributed by atoms with Crippen molar-refractivity contribution in [1.29, 1.82) is 0 Å². The molecule has 0 radical (unpaired) electrons.